The molecule has 0 spiro atoms. The summed E-state index contributed by atoms with van der Waals surface area (Å²) < 4.78 is 5.28. The Morgan fingerprint density at radius 2 is 2.04 bits per heavy atom. The Morgan fingerprint density at radius 1 is 1.18 bits per heavy atom. The molecule has 3 heterocycles. The first kappa shape index (κ1) is 18.4. The number of nitrogens with one attached hydrogen (secondary N) is 1. The van der Waals surface area contributed by atoms with Gasteiger partial charge in [-0.3, -0.25) is 9.78 Å². The van der Waals surface area contributed by atoms with Crippen molar-refractivity contribution in [3.8, 4) is 22.5 Å². The number of aromatic nitrogens is 2. The third-order valence-corrected chi connectivity index (χ3v) is 5.36. The molecule has 1 aromatic carbocycles. The Hall–Kier alpha value is -2.96. The molecule has 0 aliphatic heterocycles. The van der Waals surface area contributed by atoms with Gasteiger partial charge in [-0.05, 0) is 36.1 Å². The quantitative estimate of drug-likeness (QED) is 0.482. The number of pyridine rings is 1. The number of hydrogen-bond donors (Lipinski definition) is 1. The molecule has 0 aliphatic carbocycles. The van der Waals surface area contributed by atoms with Crippen LogP contribution < -0.4 is 5.32 Å². The van der Waals surface area contributed by atoms with Crippen molar-refractivity contribution in [1.82, 2.24) is 15.5 Å². The van der Waals surface area contributed by atoms with Gasteiger partial charge in [0.15, 0.2) is 0 Å². The summed E-state index contributed by atoms with van der Waals surface area (Å²) in [5.74, 6) is 0.172. The molecular weight excluding hydrogens is 394 g/mol. The second-order valence-electron chi connectivity index (χ2n) is 6.15. The normalized spacial score (nSPS) is 10.8. The minimum absolute atomic E-state index is 0.270. The van der Waals surface area contributed by atoms with Crippen LogP contribution in [0, 0.1) is 6.92 Å². The lowest BCUT2D eigenvalue weighted by Crippen LogP contribution is -2.24. The number of carbonyl (C=O) groups excluding carboxylic acids is 1. The number of aryl methyl sites for hydroxylation is 1. The van der Waals surface area contributed by atoms with Crippen molar-refractivity contribution in [2.75, 3.05) is 0 Å². The van der Waals surface area contributed by atoms with Crippen LogP contribution in [0.1, 0.15) is 21.7 Å². The molecule has 0 saturated carbocycles. The van der Waals surface area contributed by atoms with Crippen LogP contribution in [-0.2, 0) is 6.54 Å². The van der Waals surface area contributed by atoms with Crippen molar-refractivity contribution in [2.45, 2.75) is 13.5 Å². The van der Waals surface area contributed by atoms with Gasteiger partial charge >= 0.3 is 0 Å². The van der Waals surface area contributed by atoms with E-state index in [-0.39, 0.29) is 5.91 Å². The lowest BCUT2D eigenvalue weighted by atomic mass is 10.0. The zero-order valence-electron chi connectivity index (χ0n) is 15.0. The molecule has 28 heavy (non-hydrogen) atoms. The van der Waals surface area contributed by atoms with Gasteiger partial charge in [-0.15, -0.1) is 0 Å². The number of carbonyl (C=O) groups is 1. The molecule has 5 nitrogen and oxygen atoms in total. The first-order valence-electron chi connectivity index (χ1n) is 8.61. The second-order valence-corrected chi connectivity index (χ2v) is 7.34. The summed E-state index contributed by atoms with van der Waals surface area (Å²) in [6.45, 7) is 2.05. The van der Waals surface area contributed by atoms with Crippen molar-refractivity contribution in [2.24, 2.45) is 0 Å². The second kappa shape index (κ2) is 7.96. The van der Waals surface area contributed by atoms with Crippen LogP contribution in [0.15, 0.2) is 63.9 Å². The summed E-state index contributed by atoms with van der Waals surface area (Å²) in [4.78, 5) is 17.4. The number of nitrogens with zero attached hydrogens (tertiary/aromatic N) is 2. The van der Waals surface area contributed by atoms with Crippen molar-refractivity contribution >= 4 is 28.8 Å². The molecule has 0 bridgehead atoms. The average Bonchev–Trinajstić information content (AvgIpc) is 3.37. The van der Waals surface area contributed by atoms with E-state index in [4.69, 9.17) is 16.1 Å². The summed E-state index contributed by atoms with van der Waals surface area (Å²) in [5.41, 5.74) is 4.30. The molecule has 1 amide bonds. The standard InChI is InChI=1S/C21H16ClN3O2S/c1-13-18(20(25-27-13)16-6-2-3-7-17(16)22)21(26)24-11-14-5-4-9-23-19(14)15-8-10-28-12-15/h2-10,12H,11H2,1H3,(H,24,26). The molecule has 0 saturated heterocycles. The van der Waals surface area contributed by atoms with Gasteiger partial charge < -0.3 is 9.84 Å². The molecule has 4 rings (SSSR count). The number of hydrogen-bond acceptors (Lipinski definition) is 5. The highest BCUT2D eigenvalue weighted by Crippen LogP contribution is 2.31. The Morgan fingerprint density at radius 3 is 2.82 bits per heavy atom. The average molecular weight is 410 g/mol. The number of thiophene rings is 1. The molecule has 7 heteroatoms. The van der Waals surface area contributed by atoms with Gasteiger partial charge in [0, 0.05) is 29.2 Å². The van der Waals surface area contributed by atoms with Gasteiger partial charge in [0.05, 0.1) is 10.7 Å². The van der Waals surface area contributed by atoms with E-state index in [0.29, 0.717) is 34.1 Å². The molecule has 0 aliphatic rings. The molecule has 140 valence electrons. The Kier molecular flexibility index (Phi) is 5.23. The Bertz CT molecular complexity index is 1120. The molecule has 0 unspecified atom stereocenters. The third kappa shape index (κ3) is 3.56. The first-order chi connectivity index (χ1) is 13.6. The first-order valence-corrected chi connectivity index (χ1v) is 9.93. The summed E-state index contributed by atoms with van der Waals surface area (Å²) >= 11 is 7.88. The van der Waals surface area contributed by atoms with E-state index in [1.54, 1.807) is 30.5 Å². The SMILES string of the molecule is Cc1onc(-c2ccccc2Cl)c1C(=O)NCc1cccnc1-c1ccsc1. The van der Waals surface area contributed by atoms with E-state index in [2.05, 4.69) is 15.5 Å². The molecular formula is C21H16ClN3O2S. The summed E-state index contributed by atoms with van der Waals surface area (Å²) in [5, 5.41) is 11.6. The minimum Gasteiger partial charge on any atom is -0.360 e. The van der Waals surface area contributed by atoms with E-state index in [1.807, 2.05) is 47.2 Å². The maximum absolute atomic E-state index is 12.9. The van der Waals surface area contributed by atoms with E-state index in [0.717, 1.165) is 16.8 Å². The molecule has 0 atom stereocenters. The van der Waals surface area contributed by atoms with Gasteiger partial charge in [-0.2, -0.15) is 11.3 Å². The van der Waals surface area contributed by atoms with Crippen LogP contribution in [0.3, 0.4) is 0 Å². The molecule has 0 radical (unpaired) electrons. The van der Waals surface area contributed by atoms with Gasteiger partial charge in [0.25, 0.3) is 5.91 Å². The number of benzene rings is 1. The number of amides is 1. The fraction of sp³-hybridized carbons (Fsp3) is 0.0952. The molecule has 4 aromatic rings. The summed E-state index contributed by atoms with van der Waals surface area (Å²) in [7, 11) is 0. The topological polar surface area (TPSA) is 68.0 Å². The van der Waals surface area contributed by atoms with Crippen LogP contribution in [0.5, 0.6) is 0 Å². The van der Waals surface area contributed by atoms with Gasteiger partial charge in [0.1, 0.15) is 17.0 Å². The summed E-state index contributed by atoms with van der Waals surface area (Å²) in [6.07, 6.45) is 1.75. The van der Waals surface area contributed by atoms with Crippen LogP contribution >= 0.6 is 22.9 Å². The van der Waals surface area contributed by atoms with Crippen LogP contribution in [-0.4, -0.2) is 16.0 Å². The predicted octanol–water partition coefficient (Wildman–Crippen LogP) is 5.36. The fourth-order valence-electron chi connectivity index (χ4n) is 2.98. The fourth-order valence-corrected chi connectivity index (χ4v) is 3.85. The highest BCUT2D eigenvalue weighted by atomic mass is 35.5. The van der Waals surface area contributed by atoms with E-state index >= 15 is 0 Å². The predicted molar refractivity (Wildman–Crippen MR) is 110 cm³/mol. The highest BCUT2D eigenvalue weighted by molar-refractivity contribution is 7.08. The Balaban J connectivity index is 1.60. The van der Waals surface area contributed by atoms with Crippen LogP contribution in [0.4, 0.5) is 0 Å². The maximum atomic E-state index is 12.9. The lowest BCUT2D eigenvalue weighted by Gasteiger charge is -2.09. The molecule has 0 fully saturated rings. The van der Waals surface area contributed by atoms with Crippen LogP contribution in [0.2, 0.25) is 5.02 Å². The van der Waals surface area contributed by atoms with E-state index < -0.39 is 0 Å². The largest absolute Gasteiger partial charge is 0.360 e. The number of halogens is 1. The minimum atomic E-state index is -0.270. The van der Waals surface area contributed by atoms with Gasteiger partial charge in [-0.1, -0.05) is 41.0 Å². The van der Waals surface area contributed by atoms with E-state index in [9.17, 15) is 4.79 Å². The smallest absolute Gasteiger partial charge is 0.257 e. The number of rotatable bonds is 5. The van der Waals surface area contributed by atoms with Crippen molar-refractivity contribution < 1.29 is 9.32 Å². The third-order valence-electron chi connectivity index (χ3n) is 4.34. The van der Waals surface area contributed by atoms with Gasteiger partial charge in [-0.25, -0.2) is 0 Å². The van der Waals surface area contributed by atoms with E-state index in [1.165, 1.54) is 0 Å². The van der Waals surface area contributed by atoms with Crippen LogP contribution in [0.25, 0.3) is 22.5 Å². The van der Waals surface area contributed by atoms with Crippen molar-refractivity contribution in [1.29, 1.82) is 0 Å². The zero-order valence-corrected chi connectivity index (χ0v) is 16.6. The molecule has 3 aromatic heterocycles. The van der Waals surface area contributed by atoms with Crippen molar-refractivity contribution in [3.63, 3.8) is 0 Å². The van der Waals surface area contributed by atoms with Crippen molar-refractivity contribution in [3.05, 3.63) is 81.3 Å². The summed E-state index contributed by atoms with van der Waals surface area (Å²) in [6, 6.07) is 13.1. The zero-order chi connectivity index (χ0) is 19.5. The maximum Gasteiger partial charge on any atom is 0.257 e. The Labute approximate surface area is 171 Å². The molecule has 1 N–H and O–H groups in total. The highest BCUT2D eigenvalue weighted by Gasteiger charge is 2.23. The van der Waals surface area contributed by atoms with Gasteiger partial charge in [0.2, 0.25) is 0 Å². The lowest BCUT2D eigenvalue weighted by molar-refractivity contribution is 0.0950. The monoisotopic (exact) mass is 409 g/mol.